The van der Waals surface area contributed by atoms with Crippen molar-refractivity contribution < 1.29 is 4.79 Å². The molecular formula is C15H17N3OS. The van der Waals surface area contributed by atoms with E-state index in [0.29, 0.717) is 17.4 Å². The molecule has 1 heterocycles. The molecule has 2 aromatic rings. The molecule has 0 spiro atoms. The van der Waals surface area contributed by atoms with Gasteiger partial charge >= 0.3 is 0 Å². The van der Waals surface area contributed by atoms with E-state index in [1.54, 1.807) is 0 Å². The first-order valence-corrected chi connectivity index (χ1v) is 7.79. The van der Waals surface area contributed by atoms with Gasteiger partial charge in [0.15, 0.2) is 5.82 Å². The Morgan fingerprint density at radius 1 is 1.25 bits per heavy atom. The summed E-state index contributed by atoms with van der Waals surface area (Å²) in [5, 5.41) is 7.87. The number of aromatic nitrogens is 3. The Kier molecular flexibility index (Phi) is 3.87. The number of nitrogens with one attached hydrogen (secondary N) is 1. The summed E-state index contributed by atoms with van der Waals surface area (Å²) in [6.07, 6.45) is 3.79. The van der Waals surface area contributed by atoms with Crippen LogP contribution >= 0.6 is 11.8 Å². The molecule has 0 bridgehead atoms. The highest BCUT2D eigenvalue weighted by Crippen LogP contribution is 2.30. The number of rotatable bonds is 3. The highest BCUT2D eigenvalue weighted by molar-refractivity contribution is 8.00. The summed E-state index contributed by atoms with van der Waals surface area (Å²) in [7, 11) is 0. The number of carbonyl (C=O) groups excluding carboxylic acids is 1. The average molecular weight is 287 g/mol. The monoisotopic (exact) mass is 287 g/mol. The third kappa shape index (κ3) is 2.93. The van der Waals surface area contributed by atoms with Crippen LogP contribution in [0.3, 0.4) is 0 Å². The van der Waals surface area contributed by atoms with Crippen LogP contribution in [-0.4, -0.2) is 26.2 Å². The van der Waals surface area contributed by atoms with E-state index >= 15 is 0 Å². The van der Waals surface area contributed by atoms with E-state index in [2.05, 4.69) is 34.2 Å². The highest BCUT2D eigenvalue weighted by Gasteiger charge is 2.24. The van der Waals surface area contributed by atoms with Gasteiger partial charge in [0.05, 0.1) is 5.25 Å². The zero-order chi connectivity index (χ0) is 13.9. The molecule has 104 valence electrons. The van der Waals surface area contributed by atoms with Crippen molar-refractivity contribution in [2.45, 2.75) is 43.0 Å². The second-order valence-corrected chi connectivity index (χ2v) is 6.32. The molecule has 1 aromatic heterocycles. The Bertz CT molecular complexity index is 606. The standard InChI is InChI=1S/C15H17N3OS/c1-10-6-8-11(9-7-10)14-16-15(18-17-14)20-13-5-3-2-4-12(13)19/h6-9,13H,2-5H2,1H3,(H,16,17,18)/t13-/m1/s1. The fourth-order valence-electron chi connectivity index (χ4n) is 2.34. The van der Waals surface area contributed by atoms with Gasteiger partial charge in [0.2, 0.25) is 5.16 Å². The molecule has 5 heteroatoms. The van der Waals surface area contributed by atoms with Crippen LogP contribution in [0.2, 0.25) is 0 Å². The summed E-state index contributed by atoms with van der Waals surface area (Å²) >= 11 is 1.49. The summed E-state index contributed by atoms with van der Waals surface area (Å²) in [4.78, 5) is 16.3. The van der Waals surface area contributed by atoms with Gasteiger partial charge in [-0.1, -0.05) is 48.0 Å². The van der Waals surface area contributed by atoms with Crippen LogP contribution in [0.15, 0.2) is 29.4 Å². The van der Waals surface area contributed by atoms with Crippen molar-refractivity contribution in [2.24, 2.45) is 0 Å². The Morgan fingerprint density at radius 2 is 2.05 bits per heavy atom. The fraction of sp³-hybridized carbons (Fsp3) is 0.400. The van der Waals surface area contributed by atoms with Crippen molar-refractivity contribution >= 4 is 17.5 Å². The molecule has 20 heavy (non-hydrogen) atoms. The molecular weight excluding hydrogens is 270 g/mol. The number of carbonyl (C=O) groups is 1. The minimum atomic E-state index is 0.0328. The molecule has 0 saturated heterocycles. The lowest BCUT2D eigenvalue weighted by molar-refractivity contribution is -0.119. The van der Waals surface area contributed by atoms with Gasteiger partial charge in [0.1, 0.15) is 5.78 Å². The molecule has 0 amide bonds. The van der Waals surface area contributed by atoms with Crippen LogP contribution in [-0.2, 0) is 4.79 Å². The maximum absolute atomic E-state index is 11.8. The maximum Gasteiger partial charge on any atom is 0.209 e. The third-order valence-electron chi connectivity index (χ3n) is 3.54. The number of aromatic amines is 1. The lowest BCUT2D eigenvalue weighted by Crippen LogP contribution is -2.21. The fourth-order valence-corrected chi connectivity index (χ4v) is 3.37. The normalized spacial score (nSPS) is 19.2. The second kappa shape index (κ2) is 5.79. The van der Waals surface area contributed by atoms with Gasteiger partial charge in [-0.2, -0.15) is 0 Å². The molecule has 1 fully saturated rings. The topological polar surface area (TPSA) is 58.6 Å². The lowest BCUT2D eigenvalue weighted by Gasteiger charge is -2.17. The predicted octanol–water partition coefficient (Wildman–Crippen LogP) is 3.38. The van der Waals surface area contributed by atoms with E-state index in [9.17, 15) is 4.79 Å². The summed E-state index contributed by atoms with van der Waals surface area (Å²) in [6.45, 7) is 2.06. The van der Waals surface area contributed by atoms with Crippen molar-refractivity contribution in [2.75, 3.05) is 0 Å². The maximum atomic E-state index is 11.8. The Morgan fingerprint density at radius 3 is 2.80 bits per heavy atom. The van der Waals surface area contributed by atoms with E-state index in [0.717, 1.165) is 30.7 Å². The van der Waals surface area contributed by atoms with Gasteiger partial charge in [0, 0.05) is 12.0 Å². The average Bonchev–Trinajstić information content (AvgIpc) is 2.91. The molecule has 0 unspecified atom stereocenters. The number of thioether (sulfide) groups is 1. The van der Waals surface area contributed by atoms with Crippen molar-refractivity contribution in [1.29, 1.82) is 0 Å². The van der Waals surface area contributed by atoms with Gasteiger partial charge in [0.25, 0.3) is 0 Å². The zero-order valence-electron chi connectivity index (χ0n) is 11.4. The minimum Gasteiger partial charge on any atom is -0.298 e. The van der Waals surface area contributed by atoms with Crippen LogP contribution in [0.1, 0.15) is 31.2 Å². The van der Waals surface area contributed by atoms with Crippen LogP contribution in [0, 0.1) is 6.92 Å². The molecule has 4 nitrogen and oxygen atoms in total. The SMILES string of the molecule is Cc1ccc(-c2nc(S[C@@H]3CCCCC3=O)n[nH]2)cc1. The van der Waals surface area contributed by atoms with Crippen molar-refractivity contribution in [3.63, 3.8) is 0 Å². The largest absolute Gasteiger partial charge is 0.298 e. The third-order valence-corrected chi connectivity index (χ3v) is 4.71. The summed E-state index contributed by atoms with van der Waals surface area (Å²) in [5.74, 6) is 1.10. The van der Waals surface area contributed by atoms with Gasteiger partial charge in [-0.05, 0) is 19.8 Å². The van der Waals surface area contributed by atoms with Crippen LogP contribution in [0.4, 0.5) is 0 Å². The molecule has 1 atom stereocenters. The molecule has 0 radical (unpaired) electrons. The molecule has 0 aliphatic heterocycles. The summed E-state index contributed by atoms with van der Waals surface area (Å²) in [6, 6.07) is 8.15. The van der Waals surface area contributed by atoms with Crippen LogP contribution in [0.25, 0.3) is 11.4 Å². The highest BCUT2D eigenvalue weighted by atomic mass is 32.2. The number of H-pyrrole nitrogens is 1. The van der Waals surface area contributed by atoms with Crippen molar-refractivity contribution in [1.82, 2.24) is 15.2 Å². The van der Waals surface area contributed by atoms with Crippen molar-refractivity contribution in [3.8, 4) is 11.4 Å². The van der Waals surface area contributed by atoms with Crippen LogP contribution in [0.5, 0.6) is 0 Å². The molecule has 1 saturated carbocycles. The Balaban J connectivity index is 1.73. The van der Waals surface area contributed by atoms with E-state index in [1.165, 1.54) is 17.3 Å². The van der Waals surface area contributed by atoms with Crippen molar-refractivity contribution in [3.05, 3.63) is 29.8 Å². The van der Waals surface area contributed by atoms with E-state index in [-0.39, 0.29) is 5.25 Å². The van der Waals surface area contributed by atoms with Gasteiger partial charge in [-0.15, -0.1) is 5.10 Å². The molecule has 1 N–H and O–H groups in total. The number of hydrogen-bond donors (Lipinski definition) is 1. The van der Waals surface area contributed by atoms with Gasteiger partial charge < -0.3 is 0 Å². The van der Waals surface area contributed by atoms with E-state index in [1.807, 2.05) is 12.1 Å². The van der Waals surface area contributed by atoms with Crippen LogP contribution < -0.4 is 0 Å². The summed E-state index contributed by atoms with van der Waals surface area (Å²) in [5.41, 5.74) is 2.24. The first kappa shape index (κ1) is 13.4. The second-order valence-electron chi connectivity index (χ2n) is 5.15. The lowest BCUT2D eigenvalue weighted by atomic mass is 9.99. The van der Waals surface area contributed by atoms with Gasteiger partial charge in [-0.25, -0.2) is 4.98 Å². The molecule has 1 aromatic carbocycles. The molecule has 1 aliphatic carbocycles. The number of aryl methyl sites for hydroxylation is 1. The zero-order valence-corrected chi connectivity index (χ0v) is 12.2. The Labute approximate surface area is 122 Å². The molecule has 3 rings (SSSR count). The predicted molar refractivity (Wildman–Crippen MR) is 79.7 cm³/mol. The summed E-state index contributed by atoms with van der Waals surface area (Å²) < 4.78 is 0. The number of Topliss-reactive ketones (excluding diaryl/α,β-unsaturated/α-hetero) is 1. The number of benzene rings is 1. The quantitative estimate of drug-likeness (QED) is 0.940. The van der Waals surface area contributed by atoms with E-state index < -0.39 is 0 Å². The first-order chi connectivity index (χ1) is 9.72. The number of nitrogens with zero attached hydrogens (tertiary/aromatic N) is 2. The number of ketones is 1. The van der Waals surface area contributed by atoms with Gasteiger partial charge in [-0.3, -0.25) is 9.89 Å². The smallest absolute Gasteiger partial charge is 0.209 e. The Hall–Kier alpha value is -1.62. The minimum absolute atomic E-state index is 0.0328. The molecule has 1 aliphatic rings. The first-order valence-electron chi connectivity index (χ1n) is 6.91. The van der Waals surface area contributed by atoms with E-state index in [4.69, 9.17) is 0 Å². The number of hydrogen-bond acceptors (Lipinski definition) is 4.